The zero-order valence-electron chi connectivity index (χ0n) is 37.6. The Balaban J connectivity index is 0.0000154. The molecule has 1 aromatic carbocycles. The van der Waals surface area contributed by atoms with Gasteiger partial charge in [-0.2, -0.15) is 11.8 Å². The molecule has 10 N–H and O–H groups in total. The van der Waals surface area contributed by atoms with Crippen LogP contribution >= 0.6 is 11.8 Å². The SMILES string of the molecule is O=C(O)CN(CCN(CC(=O)O)CC(Cc1ccc(NC(=O)CCCCCNC(=O)CCCCCNC(=O)CCCCC2SCC3NC(=O)NC32)cc1)N(CC(=O)O)CC(=O)O)CC(=O)O.[Dy+3]. The summed E-state index contributed by atoms with van der Waals surface area (Å²) in [4.78, 5) is 110. The van der Waals surface area contributed by atoms with Crippen LogP contribution in [0.4, 0.5) is 10.5 Å². The molecule has 375 valence electrons. The van der Waals surface area contributed by atoms with Gasteiger partial charge in [-0.1, -0.05) is 31.4 Å². The summed E-state index contributed by atoms with van der Waals surface area (Å²) in [6, 6.07) is 6.02. The first kappa shape index (κ1) is 58.9. The van der Waals surface area contributed by atoms with Crippen LogP contribution in [0, 0.1) is 38.2 Å². The van der Waals surface area contributed by atoms with Crippen molar-refractivity contribution in [3.8, 4) is 0 Å². The van der Waals surface area contributed by atoms with Gasteiger partial charge >= 0.3 is 74.1 Å². The zero-order chi connectivity index (χ0) is 48.4. The van der Waals surface area contributed by atoms with Crippen molar-refractivity contribution in [3.05, 3.63) is 29.8 Å². The van der Waals surface area contributed by atoms with Gasteiger partial charge < -0.3 is 52.1 Å². The Morgan fingerprint density at radius 2 is 1.12 bits per heavy atom. The van der Waals surface area contributed by atoms with E-state index in [-0.39, 0.29) is 106 Å². The number of carboxylic acids is 5. The molecule has 0 bridgehead atoms. The van der Waals surface area contributed by atoms with E-state index in [1.165, 1.54) is 9.80 Å². The third kappa shape index (κ3) is 25.6. The third-order valence-electron chi connectivity index (χ3n) is 11.1. The van der Waals surface area contributed by atoms with Gasteiger partial charge in [0.05, 0.1) is 44.8 Å². The molecule has 3 rings (SSSR count). The van der Waals surface area contributed by atoms with Crippen LogP contribution in [0.25, 0.3) is 0 Å². The first-order valence-corrected chi connectivity index (χ1v) is 23.4. The molecule has 4 atom stereocenters. The largest absolute Gasteiger partial charge is 3.00 e. The van der Waals surface area contributed by atoms with Crippen molar-refractivity contribution in [2.75, 3.05) is 76.5 Å². The molecule has 2 saturated heterocycles. The van der Waals surface area contributed by atoms with Gasteiger partial charge in [0.25, 0.3) is 0 Å². The maximum Gasteiger partial charge on any atom is 3.00 e. The van der Waals surface area contributed by atoms with Gasteiger partial charge in [0, 0.05) is 74.7 Å². The molecular weight excluding hydrogens is 1050 g/mol. The summed E-state index contributed by atoms with van der Waals surface area (Å²) in [5, 5.41) is 62.1. The fourth-order valence-corrected chi connectivity index (χ4v) is 9.42. The van der Waals surface area contributed by atoms with Crippen LogP contribution in [0.1, 0.15) is 82.6 Å². The molecule has 2 fully saturated rings. The second-order valence-electron chi connectivity index (χ2n) is 16.6. The molecule has 24 heteroatoms. The van der Waals surface area contributed by atoms with Crippen LogP contribution in [0.5, 0.6) is 0 Å². The fraction of sp³-hybridized carbons (Fsp3) is 0.651. The Hall–Kier alpha value is -4.25. The van der Waals surface area contributed by atoms with Gasteiger partial charge in [-0.15, -0.1) is 0 Å². The predicted molar refractivity (Wildman–Crippen MR) is 242 cm³/mol. The fourth-order valence-electron chi connectivity index (χ4n) is 7.88. The van der Waals surface area contributed by atoms with Crippen LogP contribution in [0.3, 0.4) is 0 Å². The first-order chi connectivity index (χ1) is 31.5. The van der Waals surface area contributed by atoms with Crippen molar-refractivity contribution in [1.29, 1.82) is 0 Å². The molecule has 2 heterocycles. The first-order valence-electron chi connectivity index (χ1n) is 22.4. The van der Waals surface area contributed by atoms with E-state index in [0.717, 1.165) is 42.8 Å². The minimum absolute atomic E-state index is 0. The van der Waals surface area contributed by atoms with Gasteiger partial charge in [0.15, 0.2) is 0 Å². The Morgan fingerprint density at radius 3 is 1.66 bits per heavy atom. The number of hydrogen-bond donors (Lipinski definition) is 10. The zero-order valence-corrected chi connectivity index (χ0v) is 40.4. The molecule has 1 radical (unpaired) electrons. The average molecular weight is 1110 g/mol. The van der Waals surface area contributed by atoms with Crippen LogP contribution < -0.4 is 26.6 Å². The number of urea groups is 1. The van der Waals surface area contributed by atoms with Crippen molar-refractivity contribution in [2.45, 2.75) is 107 Å². The average Bonchev–Trinajstić information content (AvgIpc) is 3.79. The molecule has 2 aliphatic heterocycles. The minimum Gasteiger partial charge on any atom is -0.480 e. The number of carbonyl (C=O) groups is 9. The van der Waals surface area contributed by atoms with Gasteiger partial charge in [-0.25, -0.2) is 4.79 Å². The van der Waals surface area contributed by atoms with E-state index in [1.807, 2.05) is 11.8 Å². The second kappa shape index (κ2) is 32.5. The standard InChI is InChI=1S/C43H66N8O14S.Dy/c52-34(10-3-1-7-17-45-35(53)11-6-5-9-33-42-32(28-66-33)47-43(65)48-42)44-18-8-2-4-12-36(54)46-30-15-13-29(14-16-30)21-31(51(26-40(61)62)27-41(63)64)22-49(23-37(55)56)19-20-50(24-38(57)58)25-39(59)60;/h13-16,31-33,42H,1-12,17-28H2,(H,44,52)(H,45,53)(H,46,54)(H,55,56)(H,57,58)(H,59,60)(H,61,62)(H,63,64)(H2,47,48,65);/q;+3. The van der Waals surface area contributed by atoms with Gasteiger partial charge in [0.2, 0.25) is 17.7 Å². The van der Waals surface area contributed by atoms with E-state index < -0.39 is 68.6 Å². The maximum absolute atomic E-state index is 12.7. The summed E-state index contributed by atoms with van der Waals surface area (Å²) in [6.07, 6.45) is 8.20. The quantitative estimate of drug-likeness (QED) is 0.0330. The smallest absolute Gasteiger partial charge is 0.480 e. The van der Waals surface area contributed by atoms with Crippen LogP contribution in [-0.4, -0.2) is 188 Å². The molecular formula is C43H66DyN8O14S+3. The van der Waals surface area contributed by atoms with E-state index in [2.05, 4.69) is 26.6 Å². The summed E-state index contributed by atoms with van der Waals surface area (Å²) in [5.74, 6) is -5.80. The number of rotatable bonds is 36. The van der Waals surface area contributed by atoms with E-state index >= 15 is 0 Å². The molecule has 1 aromatic rings. The van der Waals surface area contributed by atoms with E-state index in [4.69, 9.17) is 0 Å². The molecule has 4 unspecified atom stereocenters. The topological polar surface area (TPSA) is 325 Å². The van der Waals surface area contributed by atoms with Crippen molar-refractivity contribution in [3.63, 3.8) is 0 Å². The minimum atomic E-state index is -1.32. The molecule has 22 nitrogen and oxygen atoms in total. The summed E-state index contributed by atoms with van der Waals surface area (Å²) >= 11 is 1.87. The molecule has 67 heavy (non-hydrogen) atoms. The Bertz CT molecular complexity index is 1770. The number of anilines is 1. The summed E-state index contributed by atoms with van der Waals surface area (Å²) in [7, 11) is 0. The number of thioether (sulfide) groups is 1. The van der Waals surface area contributed by atoms with E-state index in [0.29, 0.717) is 68.1 Å². The molecule has 5 amide bonds. The Morgan fingerprint density at radius 1 is 0.627 bits per heavy atom. The third-order valence-corrected chi connectivity index (χ3v) is 12.6. The van der Waals surface area contributed by atoms with E-state index in [9.17, 15) is 68.7 Å². The molecule has 2 aliphatic rings. The maximum atomic E-state index is 12.7. The summed E-state index contributed by atoms with van der Waals surface area (Å²) < 4.78 is 0. The van der Waals surface area contributed by atoms with Crippen LogP contribution in [-0.2, 0) is 44.8 Å². The summed E-state index contributed by atoms with van der Waals surface area (Å²) in [5.41, 5.74) is 1.10. The molecule has 0 aliphatic carbocycles. The number of amides is 5. The molecule has 0 spiro atoms. The molecule has 0 saturated carbocycles. The Kier molecular flexibility index (Phi) is 28.6. The van der Waals surface area contributed by atoms with Gasteiger partial charge in [0.1, 0.15) is 0 Å². The predicted octanol–water partition coefficient (Wildman–Crippen LogP) is 0.944. The van der Waals surface area contributed by atoms with Crippen molar-refractivity contribution < 1.29 is 107 Å². The number of aliphatic carboxylic acids is 5. The van der Waals surface area contributed by atoms with Gasteiger partial charge in [-0.3, -0.25) is 53.1 Å². The normalized spacial score (nSPS) is 16.6. The van der Waals surface area contributed by atoms with Gasteiger partial charge in [-0.05, 0) is 62.6 Å². The number of unbranched alkanes of at least 4 members (excludes halogenated alkanes) is 5. The van der Waals surface area contributed by atoms with Crippen LogP contribution in [0.15, 0.2) is 24.3 Å². The number of benzene rings is 1. The summed E-state index contributed by atoms with van der Waals surface area (Å²) in [6.45, 7) is -2.55. The van der Waals surface area contributed by atoms with Crippen molar-refractivity contribution in [2.24, 2.45) is 0 Å². The number of fused-ring (bicyclic) bond motifs is 1. The number of hydrogen-bond acceptors (Lipinski definition) is 13. The number of carboxylic acid groups (broad SMARTS) is 5. The number of nitrogens with zero attached hydrogens (tertiary/aromatic N) is 3. The number of nitrogens with one attached hydrogen (secondary N) is 5. The number of carbonyl (C=O) groups excluding carboxylic acids is 4. The second-order valence-corrected chi connectivity index (χ2v) is 17.9. The van der Waals surface area contributed by atoms with Crippen molar-refractivity contribution in [1.82, 2.24) is 36.0 Å². The monoisotopic (exact) mass is 1110 g/mol. The molecule has 0 aromatic heterocycles. The van der Waals surface area contributed by atoms with E-state index in [1.54, 1.807) is 24.3 Å². The van der Waals surface area contributed by atoms with Crippen molar-refractivity contribution >= 4 is 71.0 Å². The Labute approximate surface area is 424 Å². The van der Waals surface area contributed by atoms with Crippen LogP contribution in [0.2, 0.25) is 0 Å².